The summed E-state index contributed by atoms with van der Waals surface area (Å²) in [4.78, 5) is 17.2. The van der Waals surface area contributed by atoms with Gasteiger partial charge in [-0.15, -0.1) is 5.10 Å². The lowest BCUT2D eigenvalue weighted by Gasteiger charge is -2.09. The second kappa shape index (κ2) is 6.64. The van der Waals surface area contributed by atoms with Gasteiger partial charge in [-0.05, 0) is 18.2 Å². The summed E-state index contributed by atoms with van der Waals surface area (Å²) in [6.45, 7) is 0. The van der Waals surface area contributed by atoms with Crippen molar-refractivity contribution in [1.29, 1.82) is 0 Å². The quantitative estimate of drug-likeness (QED) is 0.617. The first-order chi connectivity index (χ1) is 12.7. The van der Waals surface area contributed by atoms with Gasteiger partial charge in [-0.2, -0.15) is 0 Å². The zero-order valence-corrected chi connectivity index (χ0v) is 14.1. The maximum absolute atomic E-state index is 12.8. The van der Waals surface area contributed by atoms with E-state index in [4.69, 9.17) is 0 Å². The maximum Gasteiger partial charge on any atom is 0.256 e. The van der Waals surface area contributed by atoms with Crippen LogP contribution in [-0.4, -0.2) is 30.5 Å². The van der Waals surface area contributed by atoms with Crippen molar-refractivity contribution in [2.24, 2.45) is 7.05 Å². The van der Waals surface area contributed by atoms with Gasteiger partial charge in [0, 0.05) is 18.2 Å². The molecule has 0 atom stereocenters. The van der Waals surface area contributed by atoms with Crippen LogP contribution >= 0.6 is 0 Å². The summed E-state index contributed by atoms with van der Waals surface area (Å²) in [6.07, 6.45) is 5.00. The van der Waals surface area contributed by atoms with Crippen LogP contribution in [0.5, 0.6) is 0 Å². The van der Waals surface area contributed by atoms with Crippen molar-refractivity contribution in [3.63, 3.8) is 0 Å². The van der Waals surface area contributed by atoms with Crippen LogP contribution < -0.4 is 5.32 Å². The monoisotopic (exact) mass is 344 g/mol. The molecule has 1 amide bonds. The molecule has 7 nitrogen and oxygen atoms in total. The van der Waals surface area contributed by atoms with Gasteiger partial charge >= 0.3 is 0 Å². The Morgan fingerprint density at radius 2 is 1.92 bits per heavy atom. The first-order valence-corrected chi connectivity index (χ1v) is 8.07. The summed E-state index contributed by atoms with van der Waals surface area (Å²) in [5.41, 5.74) is 2.97. The van der Waals surface area contributed by atoms with Crippen molar-refractivity contribution in [3.05, 3.63) is 78.9 Å². The average molecular weight is 344 g/mol. The van der Waals surface area contributed by atoms with E-state index >= 15 is 0 Å². The fraction of sp³-hybridized carbons (Fsp3) is 0.0526. The van der Waals surface area contributed by atoms with Gasteiger partial charge in [0.15, 0.2) is 0 Å². The fourth-order valence-corrected chi connectivity index (χ4v) is 2.70. The number of amides is 1. The molecule has 0 saturated carbocycles. The topological polar surface area (TPSA) is 77.6 Å². The third-order valence-electron chi connectivity index (χ3n) is 4.01. The van der Waals surface area contributed by atoms with Crippen LogP contribution in [0.4, 0.5) is 5.82 Å². The van der Waals surface area contributed by atoms with Crippen molar-refractivity contribution >= 4 is 11.7 Å². The van der Waals surface area contributed by atoms with Crippen LogP contribution in [0.1, 0.15) is 10.4 Å². The van der Waals surface area contributed by atoms with Crippen LogP contribution in [0.25, 0.3) is 16.9 Å². The zero-order valence-electron chi connectivity index (χ0n) is 14.1. The number of nitrogens with one attached hydrogen (secondary N) is 1. The molecule has 0 bridgehead atoms. The number of carbonyl (C=O) groups excluding carboxylic acids is 1. The molecule has 0 fully saturated rings. The molecule has 0 aliphatic heterocycles. The Balaban J connectivity index is 1.64. The van der Waals surface area contributed by atoms with Gasteiger partial charge in [-0.25, -0.2) is 9.67 Å². The second-order valence-electron chi connectivity index (χ2n) is 5.77. The van der Waals surface area contributed by atoms with Gasteiger partial charge < -0.3 is 9.88 Å². The summed E-state index contributed by atoms with van der Waals surface area (Å²) in [7, 11) is 1.85. The van der Waals surface area contributed by atoms with Crippen molar-refractivity contribution < 1.29 is 4.79 Å². The van der Waals surface area contributed by atoms with Crippen molar-refractivity contribution in [2.75, 3.05) is 5.32 Å². The van der Waals surface area contributed by atoms with Gasteiger partial charge in [0.05, 0.1) is 24.4 Å². The lowest BCUT2D eigenvalue weighted by molar-refractivity contribution is 0.102. The number of hydrogen-bond acceptors (Lipinski definition) is 4. The normalized spacial score (nSPS) is 10.7. The summed E-state index contributed by atoms with van der Waals surface area (Å²) in [5.74, 6) is 0.431. The lowest BCUT2D eigenvalue weighted by atomic mass is 10.1. The molecule has 0 unspecified atom stereocenters. The first kappa shape index (κ1) is 15.8. The van der Waals surface area contributed by atoms with E-state index < -0.39 is 0 Å². The minimum absolute atomic E-state index is 0.215. The number of aromatic nitrogens is 5. The Bertz CT molecular complexity index is 1040. The number of nitrogens with zero attached hydrogens (tertiary/aromatic N) is 5. The predicted octanol–water partition coefficient (Wildman–Crippen LogP) is 2.92. The molecule has 4 rings (SSSR count). The van der Waals surface area contributed by atoms with Gasteiger partial charge in [-0.3, -0.25) is 4.79 Å². The van der Waals surface area contributed by atoms with Crippen molar-refractivity contribution in [1.82, 2.24) is 24.5 Å². The molecule has 2 heterocycles. The Morgan fingerprint density at radius 1 is 1.08 bits per heavy atom. The fourth-order valence-electron chi connectivity index (χ4n) is 2.70. The zero-order chi connectivity index (χ0) is 17.9. The average Bonchev–Trinajstić information content (AvgIpc) is 3.34. The molecule has 128 valence electrons. The smallest absolute Gasteiger partial charge is 0.256 e. The Labute approximate surface area is 149 Å². The van der Waals surface area contributed by atoms with Crippen molar-refractivity contribution in [3.8, 4) is 16.9 Å². The minimum Gasteiger partial charge on any atom is -0.320 e. The second-order valence-corrected chi connectivity index (χ2v) is 5.77. The van der Waals surface area contributed by atoms with E-state index in [0.717, 1.165) is 16.9 Å². The SMILES string of the molecule is Cn1cnc(-c2ccccc2)c1NC(=O)c1cccc(-n2ccnn2)c1. The molecule has 1 N–H and O–H groups in total. The summed E-state index contributed by atoms with van der Waals surface area (Å²) in [5, 5.41) is 10.7. The van der Waals surface area contributed by atoms with Crippen LogP contribution in [0.2, 0.25) is 0 Å². The highest BCUT2D eigenvalue weighted by Gasteiger charge is 2.15. The largest absolute Gasteiger partial charge is 0.320 e. The molecule has 26 heavy (non-hydrogen) atoms. The van der Waals surface area contributed by atoms with E-state index in [1.165, 1.54) is 0 Å². The highest BCUT2D eigenvalue weighted by Crippen LogP contribution is 2.26. The third-order valence-corrected chi connectivity index (χ3v) is 4.01. The molecule has 4 aromatic rings. The van der Waals surface area contributed by atoms with E-state index in [1.54, 1.807) is 40.1 Å². The van der Waals surface area contributed by atoms with E-state index in [2.05, 4.69) is 20.6 Å². The Morgan fingerprint density at radius 3 is 2.69 bits per heavy atom. The molecular formula is C19H16N6O. The number of hydrogen-bond donors (Lipinski definition) is 1. The highest BCUT2D eigenvalue weighted by atomic mass is 16.1. The van der Waals surface area contributed by atoms with Crippen LogP contribution in [0, 0.1) is 0 Å². The summed E-state index contributed by atoms with van der Waals surface area (Å²) in [6, 6.07) is 17.0. The highest BCUT2D eigenvalue weighted by molar-refractivity contribution is 6.05. The van der Waals surface area contributed by atoms with E-state index in [9.17, 15) is 4.79 Å². The number of rotatable bonds is 4. The molecule has 0 aliphatic rings. The standard InChI is InChI=1S/C19H16N6O/c1-24-13-20-17(14-6-3-2-4-7-14)18(24)22-19(26)15-8-5-9-16(12-15)25-11-10-21-23-25/h2-13H,1H3,(H,22,26). The predicted molar refractivity (Wildman–Crippen MR) is 98.0 cm³/mol. The number of carbonyl (C=O) groups is 1. The van der Waals surface area contributed by atoms with Gasteiger partial charge in [0.2, 0.25) is 0 Å². The number of aryl methyl sites for hydroxylation is 1. The van der Waals surface area contributed by atoms with E-state index in [1.807, 2.05) is 49.5 Å². The van der Waals surface area contributed by atoms with Crippen LogP contribution in [0.3, 0.4) is 0 Å². The molecule has 2 aromatic heterocycles. The maximum atomic E-state index is 12.8. The summed E-state index contributed by atoms with van der Waals surface area (Å²) >= 11 is 0. The first-order valence-electron chi connectivity index (χ1n) is 8.07. The molecule has 7 heteroatoms. The molecule has 0 radical (unpaired) electrons. The van der Waals surface area contributed by atoms with Gasteiger partial charge in [-0.1, -0.05) is 41.6 Å². The number of benzene rings is 2. The van der Waals surface area contributed by atoms with E-state index in [0.29, 0.717) is 11.4 Å². The van der Waals surface area contributed by atoms with Gasteiger partial charge in [0.1, 0.15) is 11.5 Å². The number of anilines is 1. The van der Waals surface area contributed by atoms with Crippen molar-refractivity contribution in [2.45, 2.75) is 0 Å². The lowest BCUT2D eigenvalue weighted by Crippen LogP contribution is -2.15. The molecule has 0 spiro atoms. The molecule has 0 saturated heterocycles. The van der Waals surface area contributed by atoms with Crippen LogP contribution in [-0.2, 0) is 7.05 Å². The number of imidazole rings is 1. The molecular weight excluding hydrogens is 328 g/mol. The molecule has 2 aromatic carbocycles. The summed E-state index contributed by atoms with van der Waals surface area (Å²) < 4.78 is 3.40. The Hall–Kier alpha value is -3.74. The van der Waals surface area contributed by atoms with Gasteiger partial charge in [0.25, 0.3) is 5.91 Å². The van der Waals surface area contributed by atoms with Crippen LogP contribution in [0.15, 0.2) is 73.3 Å². The minimum atomic E-state index is -0.215. The third kappa shape index (κ3) is 2.98. The molecule has 0 aliphatic carbocycles. The van der Waals surface area contributed by atoms with E-state index in [-0.39, 0.29) is 5.91 Å². The Kier molecular flexibility index (Phi) is 4.03.